The predicted octanol–water partition coefficient (Wildman–Crippen LogP) is 18.0. The average Bonchev–Trinajstić information content (AvgIpc) is 3.84. The summed E-state index contributed by atoms with van der Waals surface area (Å²) in [5, 5.41) is 5.38. The highest BCUT2D eigenvalue weighted by Gasteiger charge is 2.37. The fourth-order valence-electron chi connectivity index (χ4n) is 11.3. The number of hydrogen-bond donors (Lipinski definition) is 0. The molecule has 304 valence electrons. The first-order valence-corrected chi connectivity index (χ1v) is 23.6. The van der Waals surface area contributed by atoms with Crippen molar-refractivity contribution >= 4 is 59.3 Å². The lowest BCUT2D eigenvalue weighted by atomic mass is 9.80. The zero-order valence-corrected chi connectivity index (χ0v) is 36.8. The van der Waals surface area contributed by atoms with Gasteiger partial charge < -0.3 is 4.90 Å². The second-order valence-electron chi connectivity index (χ2n) is 18.2. The second-order valence-corrected chi connectivity index (χ2v) is 19.3. The smallest absolute Gasteiger partial charge is 0.0540 e. The van der Waals surface area contributed by atoms with Gasteiger partial charge in [-0.15, -0.1) is 11.3 Å². The Kier molecular flexibility index (Phi) is 9.20. The molecule has 0 atom stereocenters. The van der Waals surface area contributed by atoms with E-state index >= 15 is 0 Å². The fraction of sp³-hybridized carbons (Fsp3) is 0.148. The molecule has 0 amide bonds. The third-order valence-electron chi connectivity index (χ3n) is 14.3. The van der Waals surface area contributed by atoms with Crippen LogP contribution in [0, 0.1) is 0 Å². The van der Waals surface area contributed by atoms with Crippen molar-refractivity contribution in [3.8, 4) is 44.5 Å². The Morgan fingerprint density at radius 1 is 0.444 bits per heavy atom. The molecule has 63 heavy (non-hydrogen) atoms. The lowest BCUT2D eigenvalue weighted by Gasteiger charge is -2.31. The number of benzene rings is 9. The van der Waals surface area contributed by atoms with Gasteiger partial charge in [0, 0.05) is 42.4 Å². The highest BCUT2D eigenvalue weighted by atomic mass is 32.1. The maximum absolute atomic E-state index is 2.54. The van der Waals surface area contributed by atoms with Crippen molar-refractivity contribution in [1.82, 2.24) is 0 Å². The molecule has 2 aliphatic carbocycles. The summed E-state index contributed by atoms with van der Waals surface area (Å²) in [5.74, 6) is 0.581. The molecule has 1 heterocycles. The zero-order valence-electron chi connectivity index (χ0n) is 35.9. The molecule has 0 radical (unpaired) electrons. The highest BCUT2D eigenvalue weighted by molar-refractivity contribution is 7.25. The molecule has 2 heteroatoms. The topological polar surface area (TPSA) is 3.24 Å². The van der Waals surface area contributed by atoms with Crippen LogP contribution in [0.1, 0.15) is 68.6 Å². The minimum Gasteiger partial charge on any atom is -0.309 e. The molecule has 9 aromatic carbocycles. The molecule has 0 unspecified atom stereocenters. The van der Waals surface area contributed by atoms with E-state index in [-0.39, 0.29) is 5.41 Å². The Bertz CT molecular complexity index is 3360. The Labute approximate surface area is 374 Å². The van der Waals surface area contributed by atoms with Gasteiger partial charge in [-0.25, -0.2) is 0 Å². The highest BCUT2D eigenvalue weighted by Crippen LogP contribution is 2.55. The molecule has 1 saturated carbocycles. The fourth-order valence-corrected chi connectivity index (χ4v) is 12.5. The molecular weight excluding hydrogens is 779 g/mol. The van der Waals surface area contributed by atoms with Gasteiger partial charge in [-0.2, -0.15) is 0 Å². The quantitative estimate of drug-likeness (QED) is 0.155. The van der Waals surface area contributed by atoms with Gasteiger partial charge in [0.15, 0.2) is 0 Å². The largest absolute Gasteiger partial charge is 0.309 e. The summed E-state index contributed by atoms with van der Waals surface area (Å²) in [5.41, 5.74) is 17.8. The molecule has 0 saturated heterocycles. The van der Waals surface area contributed by atoms with E-state index < -0.39 is 0 Å². The van der Waals surface area contributed by atoms with Crippen LogP contribution in [0.15, 0.2) is 194 Å². The summed E-state index contributed by atoms with van der Waals surface area (Å²) in [7, 11) is 0. The minimum atomic E-state index is -0.0972. The van der Waals surface area contributed by atoms with E-state index in [0.717, 1.165) is 11.4 Å². The van der Waals surface area contributed by atoms with Crippen molar-refractivity contribution in [2.75, 3.05) is 4.90 Å². The van der Waals surface area contributed by atoms with E-state index in [2.05, 4.69) is 213 Å². The summed E-state index contributed by atoms with van der Waals surface area (Å²) in [6.45, 7) is 4.76. The van der Waals surface area contributed by atoms with Crippen LogP contribution in [-0.2, 0) is 5.41 Å². The third-order valence-corrected chi connectivity index (χ3v) is 15.4. The van der Waals surface area contributed by atoms with Gasteiger partial charge in [0.1, 0.15) is 0 Å². The van der Waals surface area contributed by atoms with Crippen LogP contribution in [-0.4, -0.2) is 0 Å². The summed E-state index contributed by atoms with van der Waals surface area (Å²) in [6.07, 6.45) is 6.48. The lowest BCUT2D eigenvalue weighted by molar-refractivity contribution is 0.445. The van der Waals surface area contributed by atoms with Crippen molar-refractivity contribution < 1.29 is 0 Å². The summed E-state index contributed by atoms with van der Waals surface area (Å²) < 4.78 is 2.65. The van der Waals surface area contributed by atoms with Gasteiger partial charge in [0.2, 0.25) is 0 Å². The first kappa shape index (κ1) is 38.0. The third kappa shape index (κ3) is 6.18. The van der Waals surface area contributed by atoms with Gasteiger partial charge in [-0.1, -0.05) is 191 Å². The molecule has 0 aliphatic heterocycles. The van der Waals surface area contributed by atoms with Crippen molar-refractivity contribution in [3.63, 3.8) is 0 Å². The van der Waals surface area contributed by atoms with E-state index in [4.69, 9.17) is 0 Å². The number of anilines is 3. The zero-order chi connectivity index (χ0) is 42.1. The maximum Gasteiger partial charge on any atom is 0.0540 e. The Morgan fingerprint density at radius 3 is 1.81 bits per heavy atom. The van der Waals surface area contributed by atoms with Gasteiger partial charge >= 0.3 is 0 Å². The maximum atomic E-state index is 2.54. The van der Waals surface area contributed by atoms with E-state index in [1.165, 1.54) is 130 Å². The number of nitrogens with zero attached hydrogens (tertiary/aromatic N) is 1. The van der Waals surface area contributed by atoms with Crippen molar-refractivity contribution in [2.24, 2.45) is 0 Å². The first-order chi connectivity index (χ1) is 31.0. The number of thiophene rings is 1. The number of rotatable bonds is 7. The molecule has 10 aromatic rings. The van der Waals surface area contributed by atoms with Gasteiger partial charge in [0.25, 0.3) is 0 Å². The molecule has 0 N–H and O–H groups in total. The Hall–Kier alpha value is -6.74. The van der Waals surface area contributed by atoms with Crippen LogP contribution < -0.4 is 4.90 Å². The van der Waals surface area contributed by atoms with Crippen molar-refractivity contribution in [1.29, 1.82) is 0 Å². The van der Waals surface area contributed by atoms with E-state index in [9.17, 15) is 0 Å². The molecule has 0 spiro atoms. The summed E-state index contributed by atoms with van der Waals surface area (Å²) in [4.78, 5) is 2.54. The molecule has 1 aromatic heterocycles. The van der Waals surface area contributed by atoms with E-state index in [0.29, 0.717) is 5.92 Å². The molecular formula is C61H49NS. The Balaban J connectivity index is 1.09. The van der Waals surface area contributed by atoms with Crippen LogP contribution in [0.3, 0.4) is 0 Å². The minimum absolute atomic E-state index is 0.0972. The number of fused-ring (bicyclic) bond motifs is 7. The number of para-hydroxylation sites is 2. The molecule has 0 bridgehead atoms. The van der Waals surface area contributed by atoms with E-state index in [1.54, 1.807) is 0 Å². The van der Waals surface area contributed by atoms with Crippen LogP contribution in [0.2, 0.25) is 0 Å². The van der Waals surface area contributed by atoms with Crippen LogP contribution in [0.25, 0.3) is 75.5 Å². The SMILES string of the molecule is CC1(C)c2ccccc2-c2c(-c3ccccc3N(c3ccc(-c4cccc5sc6ccccc6c45)cc3)c3ccccc3-c3cccc4cccc(C5CCCCC5)c34)cccc21. The van der Waals surface area contributed by atoms with Gasteiger partial charge in [0.05, 0.1) is 11.4 Å². The summed E-state index contributed by atoms with van der Waals surface area (Å²) in [6, 6.07) is 73.1. The summed E-state index contributed by atoms with van der Waals surface area (Å²) >= 11 is 1.88. The van der Waals surface area contributed by atoms with Gasteiger partial charge in [-0.3, -0.25) is 0 Å². The van der Waals surface area contributed by atoms with Gasteiger partial charge in [-0.05, 0) is 116 Å². The monoisotopic (exact) mass is 827 g/mol. The van der Waals surface area contributed by atoms with Crippen LogP contribution >= 0.6 is 11.3 Å². The average molecular weight is 828 g/mol. The van der Waals surface area contributed by atoms with Crippen molar-refractivity contribution in [2.45, 2.75) is 57.3 Å². The molecule has 1 nitrogen and oxygen atoms in total. The first-order valence-electron chi connectivity index (χ1n) is 22.8. The predicted molar refractivity (Wildman–Crippen MR) is 271 cm³/mol. The standard InChI is InChI=1S/C61H49NS/c1-61(2)52-30-10-6-24-50(52)59-49(29-16-31-53(59)61)47-23-8-12-33-55(47)62(43-38-36-41(37-39-43)45-27-17-35-57-60(45)51-25-9-13-34-56(51)63-57)54-32-11-7-22-46(54)48-28-15-21-42-20-14-26-44(58(42)48)40-18-4-3-5-19-40/h6-17,20-40H,3-5,18-19H2,1-2H3. The van der Waals surface area contributed by atoms with Crippen molar-refractivity contribution in [3.05, 3.63) is 211 Å². The molecule has 1 fully saturated rings. The normalized spacial score (nSPS) is 14.6. The van der Waals surface area contributed by atoms with Crippen LogP contribution in [0.4, 0.5) is 17.1 Å². The molecule has 12 rings (SSSR count). The number of hydrogen-bond acceptors (Lipinski definition) is 2. The molecule has 2 aliphatic rings. The second kappa shape index (κ2) is 15.3. The lowest BCUT2D eigenvalue weighted by Crippen LogP contribution is -2.15. The van der Waals surface area contributed by atoms with Crippen LogP contribution in [0.5, 0.6) is 0 Å². The Morgan fingerprint density at radius 2 is 1.02 bits per heavy atom. The van der Waals surface area contributed by atoms with E-state index in [1.807, 2.05) is 11.3 Å².